The minimum atomic E-state index is -1.30. The van der Waals surface area contributed by atoms with Crippen molar-refractivity contribution in [2.24, 2.45) is 0 Å². The highest BCUT2D eigenvalue weighted by atomic mass is 16.5. The summed E-state index contributed by atoms with van der Waals surface area (Å²) in [6, 6.07) is 11.4. The predicted molar refractivity (Wildman–Crippen MR) is 80.9 cm³/mol. The molecule has 0 bridgehead atoms. The molecule has 0 aliphatic carbocycles. The molecular formula is C17H16O5. The number of aromatic carboxylic acids is 2. The number of carboxylic acids is 2. The Labute approximate surface area is 127 Å². The second-order valence-electron chi connectivity index (χ2n) is 4.82. The molecule has 2 N–H and O–H groups in total. The van der Waals surface area contributed by atoms with Gasteiger partial charge in [0.2, 0.25) is 0 Å². The van der Waals surface area contributed by atoms with Crippen LogP contribution in [0.5, 0.6) is 11.5 Å². The van der Waals surface area contributed by atoms with E-state index in [-0.39, 0.29) is 16.9 Å². The number of rotatable bonds is 6. The fourth-order valence-electron chi connectivity index (χ4n) is 2.14. The molecule has 22 heavy (non-hydrogen) atoms. The Balaban J connectivity index is 2.30. The summed E-state index contributed by atoms with van der Waals surface area (Å²) in [5.41, 5.74) is 0.565. The van der Waals surface area contributed by atoms with Crippen molar-refractivity contribution in [1.29, 1.82) is 0 Å². The lowest BCUT2D eigenvalue weighted by atomic mass is 10.1. The molecule has 0 heterocycles. The third kappa shape index (κ3) is 3.63. The average Bonchev–Trinajstić information content (AvgIpc) is 2.47. The second kappa shape index (κ2) is 6.76. The normalized spacial score (nSPS) is 10.2. The Morgan fingerprint density at radius 2 is 1.64 bits per heavy atom. The summed E-state index contributed by atoms with van der Waals surface area (Å²) in [7, 11) is 0. The smallest absolute Gasteiger partial charge is 0.336 e. The minimum Gasteiger partial charge on any atom is -0.478 e. The van der Waals surface area contributed by atoms with Crippen molar-refractivity contribution in [1.82, 2.24) is 0 Å². The topological polar surface area (TPSA) is 83.8 Å². The van der Waals surface area contributed by atoms with Gasteiger partial charge in [-0.15, -0.1) is 0 Å². The van der Waals surface area contributed by atoms with Gasteiger partial charge in [0, 0.05) is 0 Å². The maximum absolute atomic E-state index is 11.2. The van der Waals surface area contributed by atoms with Crippen molar-refractivity contribution >= 4 is 11.9 Å². The molecular weight excluding hydrogens is 284 g/mol. The Hall–Kier alpha value is -2.82. The number of hydrogen-bond acceptors (Lipinski definition) is 3. The zero-order chi connectivity index (χ0) is 16.1. The summed E-state index contributed by atoms with van der Waals surface area (Å²) in [5.74, 6) is -1.71. The van der Waals surface area contributed by atoms with E-state index in [0.29, 0.717) is 5.75 Å². The van der Waals surface area contributed by atoms with E-state index in [1.165, 1.54) is 18.2 Å². The Morgan fingerprint density at radius 1 is 0.955 bits per heavy atom. The molecule has 0 aromatic heterocycles. The second-order valence-corrected chi connectivity index (χ2v) is 4.82. The van der Waals surface area contributed by atoms with Gasteiger partial charge in [-0.05, 0) is 42.3 Å². The minimum absolute atomic E-state index is 0.264. The highest BCUT2D eigenvalue weighted by Crippen LogP contribution is 2.25. The standard InChI is InChI=1S/C17H16O5/c1-2-4-11-5-3-6-12(9-11)22-13-7-8-14(16(18)19)15(10-13)17(20)21/h3,5-10H,2,4H2,1H3,(H,18,19)(H,20,21). The van der Waals surface area contributed by atoms with Crippen molar-refractivity contribution < 1.29 is 24.5 Å². The largest absolute Gasteiger partial charge is 0.478 e. The Kier molecular flexibility index (Phi) is 4.78. The average molecular weight is 300 g/mol. The number of carbonyl (C=O) groups is 2. The van der Waals surface area contributed by atoms with Gasteiger partial charge < -0.3 is 14.9 Å². The number of aryl methyl sites for hydroxylation is 1. The van der Waals surface area contributed by atoms with Gasteiger partial charge in [-0.2, -0.15) is 0 Å². The maximum atomic E-state index is 11.2. The lowest BCUT2D eigenvalue weighted by molar-refractivity contribution is 0.0651. The summed E-state index contributed by atoms with van der Waals surface area (Å²) in [5, 5.41) is 18.1. The lowest BCUT2D eigenvalue weighted by Gasteiger charge is -2.09. The van der Waals surface area contributed by atoms with E-state index in [0.717, 1.165) is 18.4 Å². The summed E-state index contributed by atoms with van der Waals surface area (Å²) in [6.07, 6.45) is 1.94. The molecule has 0 amide bonds. The quantitative estimate of drug-likeness (QED) is 0.847. The molecule has 2 rings (SSSR count). The molecule has 0 aliphatic heterocycles. The fourth-order valence-corrected chi connectivity index (χ4v) is 2.14. The molecule has 5 heteroatoms. The van der Waals surface area contributed by atoms with E-state index < -0.39 is 11.9 Å². The van der Waals surface area contributed by atoms with Crippen LogP contribution < -0.4 is 4.74 Å². The zero-order valence-electron chi connectivity index (χ0n) is 12.1. The van der Waals surface area contributed by atoms with Crippen LogP contribution in [0.4, 0.5) is 0 Å². The summed E-state index contributed by atoms with van der Waals surface area (Å²) >= 11 is 0. The van der Waals surface area contributed by atoms with Crippen LogP contribution in [0.3, 0.4) is 0 Å². The van der Waals surface area contributed by atoms with Gasteiger partial charge >= 0.3 is 11.9 Å². The zero-order valence-corrected chi connectivity index (χ0v) is 12.1. The first-order valence-corrected chi connectivity index (χ1v) is 6.88. The Bertz CT molecular complexity index is 706. The highest BCUT2D eigenvalue weighted by Gasteiger charge is 2.17. The maximum Gasteiger partial charge on any atom is 0.336 e. The SMILES string of the molecule is CCCc1cccc(Oc2ccc(C(=O)O)c(C(=O)O)c2)c1. The molecule has 0 spiro atoms. The Morgan fingerprint density at radius 3 is 2.27 bits per heavy atom. The van der Waals surface area contributed by atoms with Gasteiger partial charge in [-0.3, -0.25) is 0 Å². The molecule has 114 valence electrons. The number of ether oxygens (including phenoxy) is 1. The first-order chi connectivity index (χ1) is 10.5. The molecule has 0 saturated carbocycles. The molecule has 0 aliphatic rings. The van der Waals surface area contributed by atoms with E-state index in [2.05, 4.69) is 6.92 Å². The fraction of sp³-hybridized carbons (Fsp3) is 0.176. The third-order valence-electron chi connectivity index (χ3n) is 3.12. The van der Waals surface area contributed by atoms with Crippen molar-refractivity contribution in [3.63, 3.8) is 0 Å². The van der Waals surface area contributed by atoms with E-state index >= 15 is 0 Å². The monoisotopic (exact) mass is 300 g/mol. The molecule has 0 atom stereocenters. The van der Waals surface area contributed by atoms with Crippen molar-refractivity contribution in [3.05, 3.63) is 59.2 Å². The molecule has 0 saturated heterocycles. The van der Waals surface area contributed by atoms with Gasteiger partial charge in [0.15, 0.2) is 0 Å². The number of hydrogen-bond donors (Lipinski definition) is 2. The molecule has 0 radical (unpaired) electrons. The van der Waals surface area contributed by atoms with Crippen molar-refractivity contribution in [3.8, 4) is 11.5 Å². The van der Waals surface area contributed by atoms with Crippen LogP contribution in [-0.4, -0.2) is 22.2 Å². The predicted octanol–water partition coefficient (Wildman–Crippen LogP) is 3.83. The van der Waals surface area contributed by atoms with Crippen LogP contribution in [0.15, 0.2) is 42.5 Å². The first-order valence-electron chi connectivity index (χ1n) is 6.88. The van der Waals surface area contributed by atoms with Gasteiger partial charge in [0.05, 0.1) is 11.1 Å². The van der Waals surface area contributed by atoms with Crippen molar-refractivity contribution in [2.75, 3.05) is 0 Å². The third-order valence-corrected chi connectivity index (χ3v) is 3.12. The van der Waals surface area contributed by atoms with Crippen LogP contribution in [0.25, 0.3) is 0 Å². The van der Waals surface area contributed by atoms with Gasteiger partial charge in [0.1, 0.15) is 11.5 Å². The molecule has 5 nitrogen and oxygen atoms in total. The van der Waals surface area contributed by atoms with Gasteiger partial charge in [-0.25, -0.2) is 9.59 Å². The van der Waals surface area contributed by atoms with Crippen LogP contribution >= 0.6 is 0 Å². The molecule has 2 aromatic carbocycles. The van der Waals surface area contributed by atoms with E-state index in [4.69, 9.17) is 14.9 Å². The van der Waals surface area contributed by atoms with Crippen LogP contribution in [0, 0.1) is 0 Å². The van der Waals surface area contributed by atoms with Crippen LogP contribution in [0.1, 0.15) is 39.6 Å². The summed E-state index contributed by atoms with van der Waals surface area (Å²) in [4.78, 5) is 22.2. The molecule has 0 unspecified atom stereocenters. The van der Waals surface area contributed by atoms with E-state index in [1.54, 1.807) is 6.07 Å². The highest BCUT2D eigenvalue weighted by molar-refractivity contribution is 6.02. The van der Waals surface area contributed by atoms with E-state index in [9.17, 15) is 9.59 Å². The number of carboxylic acid groups (broad SMARTS) is 2. The molecule has 2 aromatic rings. The number of benzene rings is 2. The molecule has 0 fully saturated rings. The van der Waals surface area contributed by atoms with E-state index in [1.807, 2.05) is 18.2 Å². The first kappa shape index (κ1) is 15.6. The lowest BCUT2D eigenvalue weighted by Crippen LogP contribution is -2.07. The van der Waals surface area contributed by atoms with Crippen LogP contribution in [0.2, 0.25) is 0 Å². The summed E-state index contributed by atoms with van der Waals surface area (Å²) < 4.78 is 5.63. The van der Waals surface area contributed by atoms with Gasteiger partial charge in [-0.1, -0.05) is 25.5 Å². The van der Waals surface area contributed by atoms with Crippen molar-refractivity contribution in [2.45, 2.75) is 19.8 Å². The summed E-state index contributed by atoms with van der Waals surface area (Å²) in [6.45, 7) is 2.08. The van der Waals surface area contributed by atoms with Crippen LogP contribution in [-0.2, 0) is 6.42 Å². The van der Waals surface area contributed by atoms with Gasteiger partial charge in [0.25, 0.3) is 0 Å².